The van der Waals surface area contributed by atoms with Crippen molar-refractivity contribution in [1.82, 2.24) is 5.32 Å². The van der Waals surface area contributed by atoms with Crippen molar-refractivity contribution in [3.05, 3.63) is 42.4 Å². The molecule has 1 fully saturated rings. The van der Waals surface area contributed by atoms with Crippen molar-refractivity contribution >= 4 is 0 Å². The van der Waals surface area contributed by atoms with Gasteiger partial charge in [-0.3, -0.25) is 5.32 Å². The molecule has 1 N–H and O–H groups in total. The SMILES string of the molecule is C[N+]1(C)[CH]C(c2ccccc2)NC1. The van der Waals surface area contributed by atoms with Crippen LogP contribution in [0.3, 0.4) is 0 Å². The molecule has 2 heteroatoms. The van der Waals surface area contributed by atoms with Crippen LogP contribution in [0.25, 0.3) is 0 Å². The number of quaternary nitrogens is 1. The van der Waals surface area contributed by atoms with Crippen molar-refractivity contribution in [3.63, 3.8) is 0 Å². The fourth-order valence-electron chi connectivity index (χ4n) is 1.71. The van der Waals surface area contributed by atoms with E-state index >= 15 is 0 Å². The highest BCUT2D eigenvalue weighted by atomic mass is 15.4. The number of hydrogen-bond acceptors (Lipinski definition) is 1. The van der Waals surface area contributed by atoms with E-state index in [1.165, 1.54) is 5.56 Å². The van der Waals surface area contributed by atoms with Gasteiger partial charge >= 0.3 is 0 Å². The minimum absolute atomic E-state index is 0.413. The molecule has 0 bridgehead atoms. The summed E-state index contributed by atoms with van der Waals surface area (Å²) in [6.07, 6.45) is 0. The Morgan fingerprint density at radius 2 is 1.92 bits per heavy atom. The summed E-state index contributed by atoms with van der Waals surface area (Å²) in [5.41, 5.74) is 1.35. The molecule has 69 valence electrons. The average Bonchev–Trinajstić information content (AvgIpc) is 2.48. The maximum Gasteiger partial charge on any atom is 0.164 e. The molecule has 1 atom stereocenters. The number of nitrogens with one attached hydrogen (secondary N) is 1. The van der Waals surface area contributed by atoms with Crippen LogP contribution in [0, 0.1) is 6.54 Å². The van der Waals surface area contributed by atoms with Crippen LogP contribution < -0.4 is 5.32 Å². The molecule has 1 saturated heterocycles. The van der Waals surface area contributed by atoms with Gasteiger partial charge in [0, 0.05) is 0 Å². The van der Waals surface area contributed by atoms with Crippen LogP contribution in [0.2, 0.25) is 0 Å². The second kappa shape index (κ2) is 3.13. The predicted molar refractivity (Wildman–Crippen MR) is 53.6 cm³/mol. The first-order chi connectivity index (χ1) is 6.17. The summed E-state index contributed by atoms with van der Waals surface area (Å²) in [5, 5.41) is 3.48. The number of nitrogens with zero attached hydrogens (tertiary/aromatic N) is 1. The highest BCUT2D eigenvalue weighted by Gasteiger charge is 2.31. The maximum absolute atomic E-state index is 3.48. The van der Waals surface area contributed by atoms with E-state index in [4.69, 9.17) is 0 Å². The van der Waals surface area contributed by atoms with Crippen LogP contribution in [0.4, 0.5) is 0 Å². The standard InChI is InChI=1S/C11H16N2/c1-13(2)8-11(12-9-13)10-6-4-3-5-7-10/h3-8,11-12H,9H2,1-2H3/q+1. The quantitative estimate of drug-likeness (QED) is 0.640. The molecule has 13 heavy (non-hydrogen) atoms. The lowest BCUT2D eigenvalue weighted by molar-refractivity contribution is -0.851. The lowest BCUT2D eigenvalue weighted by Gasteiger charge is -2.20. The fraction of sp³-hybridized carbons (Fsp3) is 0.364. The molecule has 1 aliphatic heterocycles. The zero-order valence-electron chi connectivity index (χ0n) is 8.20. The van der Waals surface area contributed by atoms with Crippen molar-refractivity contribution in [2.75, 3.05) is 20.8 Å². The highest BCUT2D eigenvalue weighted by Crippen LogP contribution is 2.24. The minimum atomic E-state index is 0.413. The van der Waals surface area contributed by atoms with Gasteiger partial charge < -0.3 is 4.48 Å². The molecule has 0 amide bonds. The normalized spacial score (nSPS) is 26.2. The predicted octanol–water partition coefficient (Wildman–Crippen LogP) is 1.53. The summed E-state index contributed by atoms with van der Waals surface area (Å²) in [4.78, 5) is 0. The van der Waals surface area contributed by atoms with Crippen LogP contribution >= 0.6 is 0 Å². The summed E-state index contributed by atoms with van der Waals surface area (Å²) >= 11 is 0. The second-order valence-corrected chi connectivity index (χ2v) is 4.18. The van der Waals surface area contributed by atoms with Gasteiger partial charge in [0.15, 0.2) is 6.54 Å². The van der Waals surface area contributed by atoms with Crippen molar-refractivity contribution in [1.29, 1.82) is 0 Å². The van der Waals surface area contributed by atoms with Gasteiger partial charge in [-0.2, -0.15) is 0 Å². The molecule has 0 saturated carbocycles. The van der Waals surface area contributed by atoms with E-state index in [1.54, 1.807) is 0 Å². The van der Waals surface area contributed by atoms with Crippen LogP contribution in [0.5, 0.6) is 0 Å². The number of rotatable bonds is 1. The van der Waals surface area contributed by atoms with Crippen molar-refractivity contribution < 1.29 is 4.48 Å². The van der Waals surface area contributed by atoms with Gasteiger partial charge in [-0.05, 0) is 5.56 Å². The Labute approximate surface area is 79.8 Å². The summed E-state index contributed by atoms with van der Waals surface area (Å²) in [5.74, 6) is 0. The van der Waals surface area contributed by atoms with Gasteiger partial charge in [-0.15, -0.1) is 0 Å². The number of likely N-dealkylation sites (N-methyl/N-ethyl adjacent to an activating group) is 1. The Morgan fingerprint density at radius 1 is 1.23 bits per heavy atom. The molecule has 1 aromatic rings. The van der Waals surface area contributed by atoms with Crippen LogP contribution in [0.1, 0.15) is 11.6 Å². The van der Waals surface area contributed by atoms with Crippen LogP contribution in [-0.2, 0) is 0 Å². The monoisotopic (exact) mass is 176 g/mol. The van der Waals surface area contributed by atoms with Gasteiger partial charge in [0.05, 0.1) is 20.1 Å². The molecule has 1 aromatic carbocycles. The molecule has 1 heterocycles. The zero-order valence-corrected chi connectivity index (χ0v) is 8.20. The topological polar surface area (TPSA) is 12.0 Å². The summed E-state index contributed by atoms with van der Waals surface area (Å²) in [6, 6.07) is 11.0. The third kappa shape index (κ3) is 1.90. The van der Waals surface area contributed by atoms with Crippen LogP contribution in [-0.4, -0.2) is 25.2 Å². The third-order valence-corrected chi connectivity index (χ3v) is 2.43. The first kappa shape index (κ1) is 8.73. The van der Waals surface area contributed by atoms with Gasteiger partial charge in [-0.1, -0.05) is 30.3 Å². The third-order valence-electron chi connectivity index (χ3n) is 2.43. The van der Waals surface area contributed by atoms with E-state index in [1.807, 2.05) is 0 Å². The fourth-order valence-corrected chi connectivity index (χ4v) is 1.71. The second-order valence-electron chi connectivity index (χ2n) is 4.18. The maximum atomic E-state index is 3.48. The number of hydrogen-bond donors (Lipinski definition) is 1. The van der Waals surface area contributed by atoms with Gasteiger partial charge in [0.1, 0.15) is 6.67 Å². The molecule has 1 radical (unpaired) electrons. The molecule has 0 aliphatic carbocycles. The van der Waals surface area contributed by atoms with Gasteiger partial charge in [0.25, 0.3) is 0 Å². The molecule has 0 spiro atoms. The largest absolute Gasteiger partial charge is 0.307 e. The van der Waals surface area contributed by atoms with E-state index in [-0.39, 0.29) is 0 Å². The molecule has 0 aromatic heterocycles. The van der Waals surface area contributed by atoms with E-state index in [0.717, 1.165) is 11.2 Å². The molecular formula is C11H16N2+. The Hall–Kier alpha value is -0.860. The van der Waals surface area contributed by atoms with E-state index in [0.29, 0.717) is 6.04 Å². The Morgan fingerprint density at radius 3 is 2.46 bits per heavy atom. The van der Waals surface area contributed by atoms with Crippen LogP contribution in [0.15, 0.2) is 30.3 Å². The smallest absolute Gasteiger partial charge is 0.164 e. The van der Waals surface area contributed by atoms with Gasteiger partial charge in [-0.25, -0.2) is 0 Å². The van der Waals surface area contributed by atoms with Crippen molar-refractivity contribution in [2.45, 2.75) is 6.04 Å². The van der Waals surface area contributed by atoms with Crippen molar-refractivity contribution in [2.24, 2.45) is 0 Å². The lowest BCUT2D eigenvalue weighted by atomic mass is 10.1. The number of benzene rings is 1. The molecule has 1 unspecified atom stereocenters. The average molecular weight is 176 g/mol. The lowest BCUT2D eigenvalue weighted by Crippen LogP contribution is -2.34. The van der Waals surface area contributed by atoms with Crippen molar-refractivity contribution in [3.8, 4) is 0 Å². The zero-order chi connectivity index (χ0) is 9.31. The highest BCUT2D eigenvalue weighted by molar-refractivity contribution is 5.21. The Bertz CT molecular complexity index is 279. The molecule has 2 rings (SSSR count). The van der Waals surface area contributed by atoms with E-state index < -0.39 is 0 Å². The summed E-state index contributed by atoms with van der Waals surface area (Å²) < 4.78 is 0.944. The molecule has 1 aliphatic rings. The van der Waals surface area contributed by atoms with E-state index in [9.17, 15) is 0 Å². The Kier molecular flexibility index (Phi) is 2.10. The molecule has 2 nitrogen and oxygen atoms in total. The summed E-state index contributed by atoms with van der Waals surface area (Å²) in [6.45, 7) is 3.34. The Balaban J connectivity index is 2.13. The molecular weight excluding hydrogens is 160 g/mol. The first-order valence-corrected chi connectivity index (χ1v) is 4.64. The van der Waals surface area contributed by atoms with E-state index in [2.05, 4.69) is 56.3 Å². The first-order valence-electron chi connectivity index (χ1n) is 4.64. The summed E-state index contributed by atoms with van der Waals surface area (Å²) in [7, 11) is 4.41. The minimum Gasteiger partial charge on any atom is -0.307 e. The van der Waals surface area contributed by atoms with Gasteiger partial charge in [0.2, 0.25) is 0 Å².